The fourth-order valence-corrected chi connectivity index (χ4v) is 10.4. The zero-order valence-electron chi connectivity index (χ0n) is 29.1. The van der Waals surface area contributed by atoms with Crippen molar-refractivity contribution in [2.45, 2.75) is 100 Å². The van der Waals surface area contributed by atoms with Crippen molar-refractivity contribution in [3.05, 3.63) is 71.5 Å². The molecule has 50 heavy (non-hydrogen) atoms. The van der Waals surface area contributed by atoms with Gasteiger partial charge in [-0.3, -0.25) is 14.2 Å². The molecular formula is C41H47N7O2. The van der Waals surface area contributed by atoms with Crippen LogP contribution < -0.4 is 10.6 Å². The second-order valence-corrected chi connectivity index (χ2v) is 16.3. The summed E-state index contributed by atoms with van der Waals surface area (Å²) in [6.45, 7) is 0. The Bertz CT molecular complexity index is 1970. The van der Waals surface area contributed by atoms with Gasteiger partial charge in [0.05, 0.1) is 11.4 Å². The molecule has 4 heterocycles. The zero-order valence-corrected chi connectivity index (χ0v) is 29.1. The number of anilines is 2. The van der Waals surface area contributed by atoms with Crippen LogP contribution in [0.15, 0.2) is 54.7 Å². The number of hydrogen-bond acceptors (Lipinski definition) is 4. The third-order valence-electron chi connectivity index (χ3n) is 13.2. The van der Waals surface area contributed by atoms with Crippen LogP contribution in [-0.4, -0.2) is 48.5 Å². The molecule has 9 heteroatoms. The number of hydrogen-bond donors (Lipinski definition) is 2. The average Bonchev–Trinajstić information content (AvgIpc) is 3.93. The van der Waals surface area contributed by atoms with Crippen molar-refractivity contribution in [3.63, 3.8) is 0 Å². The van der Waals surface area contributed by atoms with Crippen LogP contribution in [0.3, 0.4) is 0 Å². The van der Waals surface area contributed by atoms with Gasteiger partial charge in [0.2, 0.25) is 5.91 Å². The first-order valence-electron chi connectivity index (χ1n) is 19.1. The summed E-state index contributed by atoms with van der Waals surface area (Å²) in [4.78, 5) is 28.8. The first kappa shape index (κ1) is 30.4. The summed E-state index contributed by atoms with van der Waals surface area (Å²) < 4.78 is 3.91. The highest BCUT2D eigenvalue weighted by atomic mass is 16.2. The number of aryl methyl sites for hydroxylation is 2. The monoisotopic (exact) mass is 669 g/mol. The molecule has 4 aromatic rings. The van der Waals surface area contributed by atoms with Crippen molar-refractivity contribution >= 4 is 23.3 Å². The van der Waals surface area contributed by atoms with E-state index in [1.54, 1.807) is 0 Å². The van der Waals surface area contributed by atoms with Gasteiger partial charge in [-0.05, 0) is 142 Å². The minimum Gasteiger partial charge on any atom is -0.326 e. The molecule has 2 N–H and O–H groups in total. The quantitative estimate of drug-likeness (QED) is 0.198. The van der Waals surface area contributed by atoms with Crippen molar-refractivity contribution in [2.24, 2.45) is 31.8 Å². The van der Waals surface area contributed by atoms with Crippen LogP contribution in [-0.2, 0) is 18.9 Å². The Hall–Kier alpha value is -4.40. The van der Waals surface area contributed by atoms with Crippen LogP contribution in [0.2, 0.25) is 0 Å². The Balaban J connectivity index is 0.912. The van der Waals surface area contributed by atoms with Gasteiger partial charge < -0.3 is 15.5 Å². The van der Waals surface area contributed by atoms with Crippen molar-refractivity contribution in [3.8, 4) is 22.5 Å². The van der Waals surface area contributed by atoms with E-state index in [1.165, 1.54) is 61.8 Å². The second-order valence-electron chi connectivity index (χ2n) is 16.3. The lowest BCUT2D eigenvalue weighted by atomic mass is 9.80. The number of urea groups is 1. The third-order valence-corrected chi connectivity index (χ3v) is 13.2. The normalized spacial score (nSPS) is 29.2. The number of aromatic nitrogens is 4. The lowest BCUT2D eigenvalue weighted by Gasteiger charge is -2.52. The third kappa shape index (κ3) is 5.18. The molecule has 4 bridgehead atoms. The molecule has 10 rings (SSSR count). The highest BCUT2D eigenvalue weighted by molar-refractivity contribution is 5.94. The Morgan fingerprint density at radius 1 is 0.700 bits per heavy atom. The molecule has 4 unspecified atom stereocenters. The number of nitrogens with one attached hydrogen (secondary N) is 2. The summed E-state index contributed by atoms with van der Waals surface area (Å²) in [5.41, 5.74) is 9.71. The van der Waals surface area contributed by atoms with Gasteiger partial charge in [0.15, 0.2) is 0 Å². The van der Waals surface area contributed by atoms with E-state index >= 15 is 0 Å². The minimum absolute atomic E-state index is 0.0252. The fraction of sp³-hybridized carbons (Fsp3) is 0.512. The van der Waals surface area contributed by atoms with Gasteiger partial charge in [0.25, 0.3) is 0 Å². The Labute approximate surface area is 293 Å². The number of benzene rings is 2. The van der Waals surface area contributed by atoms with Crippen molar-refractivity contribution in [1.82, 2.24) is 24.5 Å². The van der Waals surface area contributed by atoms with E-state index in [1.807, 2.05) is 17.9 Å². The van der Waals surface area contributed by atoms with Gasteiger partial charge in [-0.25, -0.2) is 4.79 Å². The average molecular weight is 670 g/mol. The molecule has 4 aliphatic carbocycles. The molecule has 6 aliphatic rings. The van der Waals surface area contributed by atoms with E-state index in [9.17, 15) is 9.59 Å². The summed E-state index contributed by atoms with van der Waals surface area (Å²) in [7, 11) is 4.01. The molecule has 3 amide bonds. The standard InChI is InChI=1S/C41H47N7O2/c1-46-17-16-36(44-46)34-19-27(43-41(50)48-28-4-3-5-29(48)20-28)13-15-31(34)32-21-35(32)38-22-37(45-47(38)2)33-18-26(12-14-30(33)23-6-7-23)42-40(49)39-24-8-9-25(39)11-10-24/h12-19,22-25,28-29,32,35,39H,3-11,20-21H2,1-2H3,(H,42,49)(H,43,50). The summed E-state index contributed by atoms with van der Waals surface area (Å²) in [6.07, 6.45) is 14.9. The first-order chi connectivity index (χ1) is 24.4. The number of fused-ring (bicyclic) bond motifs is 4. The predicted molar refractivity (Wildman–Crippen MR) is 194 cm³/mol. The topological polar surface area (TPSA) is 97.1 Å². The van der Waals surface area contributed by atoms with E-state index in [2.05, 4.69) is 75.8 Å². The molecule has 4 atom stereocenters. The number of nitrogens with zero attached hydrogens (tertiary/aromatic N) is 5. The van der Waals surface area contributed by atoms with Crippen LogP contribution in [0.1, 0.15) is 105 Å². The van der Waals surface area contributed by atoms with Crippen LogP contribution in [0.4, 0.5) is 16.2 Å². The smallest absolute Gasteiger partial charge is 0.322 e. The summed E-state index contributed by atoms with van der Waals surface area (Å²) in [5, 5.41) is 16.4. The van der Waals surface area contributed by atoms with E-state index in [4.69, 9.17) is 10.2 Å². The Kier molecular flexibility index (Phi) is 7.04. The van der Waals surface area contributed by atoms with Crippen molar-refractivity contribution in [2.75, 3.05) is 10.6 Å². The van der Waals surface area contributed by atoms with E-state index in [0.717, 1.165) is 59.6 Å². The summed E-state index contributed by atoms with van der Waals surface area (Å²) in [6, 6.07) is 18.1. The van der Waals surface area contributed by atoms with Gasteiger partial charge in [0, 0.05) is 72.4 Å². The molecule has 4 saturated carbocycles. The Morgan fingerprint density at radius 3 is 2.04 bits per heavy atom. The molecule has 2 aromatic heterocycles. The molecule has 258 valence electrons. The van der Waals surface area contributed by atoms with E-state index in [-0.39, 0.29) is 17.9 Å². The van der Waals surface area contributed by atoms with E-state index in [0.29, 0.717) is 41.7 Å². The number of amides is 3. The number of rotatable bonds is 8. The Morgan fingerprint density at radius 2 is 1.38 bits per heavy atom. The lowest BCUT2D eigenvalue weighted by molar-refractivity contribution is -0.121. The molecular weight excluding hydrogens is 622 g/mol. The van der Waals surface area contributed by atoms with Crippen molar-refractivity contribution < 1.29 is 9.59 Å². The molecule has 2 saturated heterocycles. The number of carbonyl (C=O) groups is 2. The summed E-state index contributed by atoms with van der Waals surface area (Å²) >= 11 is 0. The van der Waals surface area contributed by atoms with Gasteiger partial charge >= 0.3 is 6.03 Å². The highest BCUT2D eigenvalue weighted by Gasteiger charge is 2.47. The molecule has 0 spiro atoms. The maximum atomic E-state index is 13.4. The SMILES string of the molecule is Cn1ccc(-c2cc(NC(=O)N3C4CCCC3C4)ccc2C2CC2c2cc(-c3cc(NC(=O)C4C5CCC4CC5)ccc3C3CC3)nn2C)n1. The van der Waals surface area contributed by atoms with Crippen LogP contribution in [0.25, 0.3) is 22.5 Å². The fourth-order valence-electron chi connectivity index (χ4n) is 10.4. The van der Waals surface area contributed by atoms with Crippen molar-refractivity contribution in [1.29, 1.82) is 0 Å². The highest BCUT2D eigenvalue weighted by Crippen LogP contribution is 2.57. The maximum Gasteiger partial charge on any atom is 0.322 e. The number of piperidine rings is 1. The minimum atomic E-state index is 0.0252. The molecule has 0 radical (unpaired) electrons. The maximum absolute atomic E-state index is 13.4. The number of carbonyl (C=O) groups excluding carboxylic acids is 2. The molecule has 9 nitrogen and oxygen atoms in total. The van der Waals surface area contributed by atoms with Gasteiger partial charge in [0.1, 0.15) is 0 Å². The summed E-state index contributed by atoms with van der Waals surface area (Å²) in [5.74, 6) is 2.76. The van der Waals surface area contributed by atoms with Crippen LogP contribution >= 0.6 is 0 Å². The van der Waals surface area contributed by atoms with Crippen LogP contribution in [0.5, 0.6) is 0 Å². The molecule has 2 aromatic carbocycles. The first-order valence-corrected chi connectivity index (χ1v) is 19.1. The predicted octanol–water partition coefficient (Wildman–Crippen LogP) is 8.17. The van der Waals surface area contributed by atoms with Crippen LogP contribution in [0, 0.1) is 17.8 Å². The van der Waals surface area contributed by atoms with Gasteiger partial charge in [-0.15, -0.1) is 0 Å². The largest absolute Gasteiger partial charge is 0.326 e. The second kappa shape index (κ2) is 11.6. The van der Waals surface area contributed by atoms with Gasteiger partial charge in [-0.2, -0.15) is 10.2 Å². The lowest BCUT2D eigenvalue weighted by Crippen LogP contribution is -2.62. The zero-order chi connectivity index (χ0) is 33.7. The van der Waals surface area contributed by atoms with Gasteiger partial charge in [-0.1, -0.05) is 12.1 Å². The molecule has 6 fully saturated rings. The van der Waals surface area contributed by atoms with E-state index < -0.39 is 0 Å². The molecule has 2 aliphatic heterocycles.